The first-order valence-electron chi connectivity index (χ1n) is 10.4. The van der Waals surface area contributed by atoms with Crippen molar-refractivity contribution in [1.29, 1.82) is 0 Å². The second kappa shape index (κ2) is 15.6. The third kappa shape index (κ3) is 11.6. The van der Waals surface area contributed by atoms with Crippen LogP contribution < -0.4 is 0 Å². The number of carbonyl (C=O) groups excluding carboxylic acids is 1. The van der Waals surface area contributed by atoms with E-state index in [0.717, 1.165) is 24.6 Å². The van der Waals surface area contributed by atoms with Crippen molar-refractivity contribution >= 4 is 21.7 Å². The molecule has 0 aliphatic rings. The fourth-order valence-corrected chi connectivity index (χ4v) is 3.91. The Morgan fingerprint density at radius 2 is 1.36 bits per heavy atom. The quantitative estimate of drug-likeness (QED) is 0.204. The molecule has 2 heteroatoms. The molecular formula is C23H37BrO. The molecule has 142 valence electrons. The van der Waals surface area contributed by atoms with Gasteiger partial charge in [-0.1, -0.05) is 117 Å². The summed E-state index contributed by atoms with van der Waals surface area (Å²) in [5, 5.41) is 0.777. The van der Waals surface area contributed by atoms with Gasteiger partial charge in [0.1, 0.15) is 5.78 Å². The summed E-state index contributed by atoms with van der Waals surface area (Å²) in [7, 11) is 0. The van der Waals surface area contributed by atoms with Gasteiger partial charge in [0.15, 0.2) is 0 Å². The molecule has 25 heavy (non-hydrogen) atoms. The number of benzene rings is 1. The number of halogens is 1. The zero-order valence-electron chi connectivity index (χ0n) is 16.1. The highest BCUT2D eigenvalue weighted by atomic mass is 79.9. The number of rotatable bonds is 16. The summed E-state index contributed by atoms with van der Waals surface area (Å²) in [5.41, 5.74) is 1.26. The Hall–Kier alpha value is -0.630. The Morgan fingerprint density at radius 3 is 1.88 bits per heavy atom. The molecular weight excluding hydrogens is 372 g/mol. The number of unbranched alkanes of at least 4 members (excludes halogenated alkanes) is 10. The van der Waals surface area contributed by atoms with Crippen molar-refractivity contribution in [3.63, 3.8) is 0 Å². The summed E-state index contributed by atoms with van der Waals surface area (Å²) >= 11 is 3.53. The van der Waals surface area contributed by atoms with Crippen molar-refractivity contribution in [1.82, 2.24) is 0 Å². The van der Waals surface area contributed by atoms with E-state index in [2.05, 4.69) is 47.1 Å². The van der Waals surface area contributed by atoms with Crippen molar-refractivity contribution < 1.29 is 4.79 Å². The minimum absolute atomic E-state index is 0.130. The van der Waals surface area contributed by atoms with E-state index < -0.39 is 0 Å². The summed E-state index contributed by atoms with van der Waals surface area (Å²) < 4.78 is 0. The fourth-order valence-electron chi connectivity index (χ4n) is 3.32. The van der Waals surface area contributed by atoms with Crippen molar-refractivity contribution in [2.24, 2.45) is 5.92 Å². The predicted molar refractivity (Wildman–Crippen MR) is 114 cm³/mol. The molecule has 0 radical (unpaired) electrons. The summed E-state index contributed by atoms with van der Waals surface area (Å²) in [6.45, 7) is 2.27. The van der Waals surface area contributed by atoms with E-state index in [1.54, 1.807) is 0 Å². The van der Waals surface area contributed by atoms with Gasteiger partial charge in [0.05, 0.1) is 0 Å². The van der Waals surface area contributed by atoms with Gasteiger partial charge in [-0.25, -0.2) is 0 Å². The van der Waals surface area contributed by atoms with Crippen molar-refractivity contribution in [2.45, 2.75) is 90.4 Å². The molecule has 1 unspecified atom stereocenters. The van der Waals surface area contributed by atoms with Gasteiger partial charge in [-0.15, -0.1) is 0 Å². The Balaban J connectivity index is 2.02. The molecule has 1 aromatic carbocycles. The Bertz CT molecular complexity index is 429. The van der Waals surface area contributed by atoms with Crippen LogP contribution >= 0.6 is 15.9 Å². The number of carbonyl (C=O) groups is 1. The largest absolute Gasteiger partial charge is 0.299 e. The number of hydrogen-bond donors (Lipinski definition) is 0. The van der Waals surface area contributed by atoms with E-state index in [1.807, 2.05) is 6.07 Å². The average Bonchev–Trinajstić information content (AvgIpc) is 2.64. The maximum Gasteiger partial charge on any atom is 0.137 e. The smallest absolute Gasteiger partial charge is 0.137 e. The standard InChI is InChI=1S/C23H37BrO/c1-2-3-4-5-6-7-8-9-10-11-15-18-23(25)22(20-24)19-21-16-13-12-14-17-21/h12-14,16-17,22H,2-11,15,18-20H2,1H3. The van der Waals surface area contributed by atoms with E-state index in [4.69, 9.17) is 0 Å². The zero-order valence-corrected chi connectivity index (χ0v) is 17.7. The van der Waals surface area contributed by atoms with Crippen LogP contribution in [-0.4, -0.2) is 11.1 Å². The highest BCUT2D eigenvalue weighted by Crippen LogP contribution is 2.17. The summed E-state index contributed by atoms with van der Waals surface area (Å²) in [6.07, 6.45) is 16.3. The number of hydrogen-bond acceptors (Lipinski definition) is 1. The van der Waals surface area contributed by atoms with Crippen LogP contribution in [-0.2, 0) is 11.2 Å². The van der Waals surface area contributed by atoms with Crippen LogP contribution in [0.3, 0.4) is 0 Å². The minimum Gasteiger partial charge on any atom is -0.299 e. The molecule has 0 spiro atoms. The number of Topliss-reactive ketones (excluding diaryl/α,β-unsaturated/α-hetero) is 1. The summed E-state index contributed by atoms with van der Waals surface area (Å²) in [4.78, 5) is 12.4. The molecule has 1 atom stereocenters. The summed E-state index contributed by atoms with van der Waals surface area (Å²) in [6, 6.07) is 10.4. The summed E-state index contributed by atoms with van der Waals surface area (Å²) in [5.74, 6) is 0.558. The highest BCUT2D eigenvalue weighted by molar-refractivity contribution is 9.09. The monoisotopic (exact) mass is 408 g/mol. The van der Waals surface area contributed by atoms with Crippen LogP contribution in [0, 0.1) is 5.92 Å². The van der Waals surface area contributed by atoms with E-state index in [-0.39, 0.29) is 5.92 Å². The van der Waals surface area contributed by atoms with Gasteiger partial charge in [-0.3, -0.25) is 4.79 Å². The normalized spacial score (nSPS) is 12.2. The molecule has 0 N–H and O–H groups in total. The van der Waals surface area contributed by atoms with Crippen LogP contribution in [0.4, 0.5) is 0 Å². The molecule has 1 aromatic rings. The van der Waals surface area contributed by atoms with Gasteiger partial charge < -0.3 is 0 Å². The molecule has 0 aliphatic carbocycles. The lowest BCUT2D eigenvalue weighted by Gasteiger charge is -2.13. The molecule has 0 aromatic heterocycles. The van der Waals surface area contributed by atoms with Gasteiger partial charge in [-0.2, -0.15) is 0 Å². The predicted octanol–water partition coefficient (Wildman–Crippen LogP) is 7.51. The van der Waals surface area contributed by atoms with Crippen LogP contribution in [0.25, 0.3) is 0 Å². The number of alkyl halides is 1. The van der Waals surface area contributed by atoms with E-state index in [1.165, 1.54) is 69.8 Å². The average molecular weight is 409 g/mol. The Morgan fingerprint density at radius 1 is 0.840 bits per heavy atom. The Kier molecular flexibility index (Phi) is 14.0. The third-order valence-corrected chi connectivity index (χ3v) is 5.77. The first kappa shape index (κ1) is 22.4. The highest BCUT2D eigenvalue weighted by Gasteiger charge is 2.17. The maximum atomic E-state index is 12.4. The van der Waals surface area contributed by atoms with Crippen LogP contribution in [0.5, 0.6) is 0 Å². The molecule has 1 nitrogen and oxygen atoms in total. The van der Waals surface area contributed by atoms with Crippen LogP contribution in [0.1, 0.15) is 89.5 Å². The first-order chi connectivity index (χ1) is 12.3. The van der Waals surface area contributed by atoms with Gasteiger partial charge in [0.25, 0.3) is 0 Å². The van der Waals surface area contributed by atoms with Crippen LogP contribution in [0.2, 0.25) is 0 Å². The van der Waals surface area contributed by atoms with Gasteiger partial charge in [-0.05, 0) is 18.4 Å². The molecule has 0 bridgehead atoms. The minimum atomic E-state index is 0.130. The zero-order chi connectivity index (χ0) is 18.2. The first-order valence-corrected chi connectivity index (χ1v) is 11.5. The maximum absolute atomic E-state index is 12.4. The van der Waals surface area contributed by atoms with Crippen molar-refractivity contribution in [3.05, 3.63) is 35.9 Å². The molecule has 0 fully saturated rings. The lowest BCUT2D eigenvalue weighted by atomic mass is 9.94. The topological polar surface area (TPSA) is 17.1 Å². The Labute approximate surface area is 164 Å². The van der Waals surface area contributed by atoms with E-state index in [9.17, 15) is 4.79 Å². The molecule has 0 saturated carbocycles. The van der Waals surface area contributed by atoms with E-state index in [0.29, 0.717) is 5.78 Å². The molecule has 0 aliphatic heterocycles. The van der Waals surface area contributed by atoms with Crippen LogP contribution in [0.15, 0.2) is 30.3 Å². The van der Waals surface area contributed by atoms with E-state index >= 15 is 0 Å². The third-order valence-electron chi connectivity index (χ3n) is 4.99. The number of ketones is 1. The molecule has 0 heterocycles. The fraction of sp³-hybridized carbons (Fsp3) is 0.696. The van der Waals surface area contributed by atoms with Crippen molar-refractivity contribution in [2.75, 3.05) is 5.33 Å². The molecule has 0 saturated heterocycles. The second-order valence-electron chi connectivity index (χ2n) is 7.29. The molecule has 0 amide bonds. The lowest BCUT2D eigenvalue weighted by Crippen LogP contribution is -2.18. The molecule has 1 rings (SSSR count). The van der Waals surface area contributed by atoms with Gasteiger partial charge >= 0.3 is 0 Å². The van der Waals surface area contributed by atoms with Gasteiger partial charge in [0.2, 0.25) is 0 Å². The second-order valence-corrected chi connectivity index (χ2v) is 7.94. The van der Waals surface area contributed by atoms with Gasteiger partial charge in [0, 0.05) is 17.7 Å². The lowest BCUT2D eigenvalue weighted by molar-refractivity contribution is -0.122. The SMILES string of the molecule is CCCCCCCCCCCCCC(=O)C(CBr)Cc1ccccc1. The van der Waals surface area contributed by atoms with Crippen molar-refractivity contribution in [3.8, 4) is 0 Å².